The summed E-state index contributed by atoms with van der Waals surface area (Å²) in [6, 6.07) is 5.76. The minimum Gasteiger partial charge on any atom is -0.477 e. The summed E-state index contributed by atoms with van der Waals surface area (Å²) in [5.41, 5.74) is 2.21. The van der Waals surface area contributed by atoms with Gasteiger partial charge >= 0.3 is 5.97 Å². The molecule has 2 aromatic heterocycles. The molecule has 0 amide bonds. The lowest BCUT2D eigenvalue weighted by atomic mass is 10.1. The first-order chi connectivity index (χ1) is 9.74. The molecule has 1 N–H and O–H groups in total. The Morgan fingerprint density at radius 1 is 1.45 bits per heavy atom. The monoisotopic (exact) mass is 289 g/mol. The third kappa shape index (κ3) is 2.67. The summed E-state index contributed by atoms with van der Waals surface area (Å²) in [5.74, 6) is -0.715. The van der Waals surface area contributed by atoms with E-state index in [4.69, 9.17) is 4.74 Å². The van der Waals surface area contributed by atoms with Crippen LogP contribution in [-0.2, 0) is 19.3 Å². The van der Waals surface area contributed by atoms with Crippen LogP contribution in [-0.4, -0.2) is 22.7 Å². The molecule has 0 aromatic carbocycles. The Balaban J connectivity index is 1.75. The number of carbonyl (C=O) groups is 1. The number of pyridine rings is 1. The first-order valence-corrected chi connectivity index (χ1v) is 7.53. The van der Waals surface area contributed by atoms with Crippen molar-refractivity contribution in [2.24, 2.45) is 0 Å². The number of carboxylic acid groups (broad SMARTS) is 1. The number of ether oxygens (including phenoxy) is 1. The van der Waals surface area contributed by atoms with E-state index in [2.05, 4.69) is 4.98 Å². The van der Waals surface area contributed by atoms with Crippen molar-refractivity contribution >= 4 is 17.3 Å². The molecule has 2 aromatic rings. The smallest absolute Gasteiger partial charge is 0.341 e. The quantitative estimate of drug-likeness (QED) is 0.919. The van der Waals surface area contributed by atoms with E-state index in [1.54, 1.807) is 17.4 Å². The van der Waals surface area contributed by atoms with E-state index >= 15 is 0 Å². The summed E-state index contributed by atoms with van der Waals surface area (Å²) in [7, 11) is 0. The number of nitrogens with zero attached hydrogens (tertiary/aromatic N) is 1. The van der Waals surface area contributed by atoms with Crippen molar-refractivity contribution in [2.75, 3.05) is 6.61 Å². The third-order valence-electron chi connectivity index (χ3n) is 3.41. The van der Waals surface area contributed by atoms with Gasteiger partial charge in [0.15, 0.2) is 0 Å². The fraction of sp³-hybridized carbons (Fsp3) is 0.333. The summed E-state index contributed by atoms with van der Waals surface area (Å²) >= 11 is 1.67. The highest BCUT2D eigenvalue weighted by atomic mass is 32.1. The summed E-state index contributed by atoms with van der Waals surface area (Å²) in [6.07, 6.45) is 3.64. The van der Waals surface area contributed by atoms with Gasteiger partial charge in [0.05, 0.1) is 6.61 Å². The number of hydrogen-bond donors (Lipinski definition) is 1. The predicted octanol–water partition coefficient (Wildman–Crippen LogP) is 2.95. The highest BCUT2D eigenvalue weighted by molar-refractivity contribution is 7.09. The molecule has 1 aliphatic rings. The zero-order valence-corrected chi connectivity index (χ0v) is 11.8. The van der Waals surface area contributed by atoms with Crippen LogP contribution in [0.4, 0.5) is 0 Å². The van der Waals surface area contributed by atoms with Crippen LogP contribution in [0.15, 0.2) is 23.6 Å². The lowest BCUT2D eigenvalue weighted by Gasteiger charge is -2.10. The van der Waals surface area contributed by atoms with Crippen LogP contribution >= 0.6 is 11.3 Å². The zero-order chi connectivity index (χ0) is 13.9. The number of aryl methyl sites for hydroxylation is 2. The van der Waals surface area contributed by atoms with Crippen LogP contribution in [0, 0.1) is 0 Å². The summed E-state index contributed by atoms with van der Waals surface area (Å²) < 4.78 is 5.61. The Bertz CT molecular complexity index is 622. The summed E-state index contributed by atoms with van der Waals surface area (Å²) in [6.45, 7) is 0.451. The number of carboxylic acids is 1. The zero-order valence-electron chi connectivity index (χ0n) is 11.0. The lowest BCUT2D eigenvalue weighted by molar-refractivity contribution is 0.0691. The molecule has 1 aliphatic carbocycles. The van der Waals surface area contributed by atoms with Gasteiger partial charge in [0.1, 0.15) is 5.56 Å². The average Bonchev–Trinajstić information content (AvgIpc) is 3.07. The topological polar surface area (TPSA) is 59.4 Å². The molecule has 0 saturated carbocycles. The highest BCUT2D eigenvalue weighted by Crippen LogP contribution is 2.26. The van der Waals surface area contributed by atoms with Crippen molar-refractivity contribution in [1.29, 1.82) is 0 Å². The van der Waals surface area contributed by atoms with Crippen LogP contribution in [0.2, 0.25) is 0 Å². The Morgan fingerprint density at radius 2 is 2.35 bits per heavy atom. The summed E-state index contributed by atoms with van der Waals surface area (Å²) in [4.78, 5) is 16.9. The number of fused-ring (bicyclic) bond motifs is 1. The van der Waals surface area contributed by atoms with E-state index in [9.17, 15) is 9.90 Å². The second-order valence-corrected chi connectivity index (χ2v) is 5.82. The second-order valence-electron chi connectivity index (χ2n) is 4.78. The minimum absolute atomic E-state index is 0.178. The van der Waals surface area contributed by atoms with Crippen LogP contribution in [0.25, 0.3) is 0 Å². The minimum atomic E-state index is -0.974. The normalized spacial score (nSPS) is 13.2. The van der Waals surface area contributed by atoms with Gasteiger partial charge in [-0.15, -0.1) is 11.3 Å². The molecule has 0 bridgehead atoms. The fourth-order valence-corrected chi connectivity index (χ4v) is 3.11. The van der Waals surface area contributed by atoms with E-state index in [-0.39, 0.29) is 11.4 Å². The molecule has 20 heavy (non-hydrogen) atoms. The molecule has 0 spiro atoms. The van der Waals surface area contributed by atoms with Gasteiger partial charge in [-0.1, -0.05) is 6.07 Å². The van der Waals surface area contributed by atoms with Gasteiger partial charge in [0, 0.05) is 17.0 Å². The molecular weight excluding hydrogens is 274 g/mol. The molecule has 3 rings (SSSR count). The van der Waals surface area contributed by atoms with Crippen LogP contribution in [0.5, 0.6) is 5.88 Å². The third-order valence-corrected chi connectivity index (χ3v) is 4.35. The molecule has 5 heteroatoms. The maximum atomic E-state index is 11.3. The van der Waals surface area contributed by atoms with Crippen molar-refractivity contribution in [3.8, 4) is 5.88 Å². The Kier molecular flexibility index (Phi) is 3.69. The highest BCUT2D eigenvalue weighted by Gasteiger charge is 2.20. The first kappa shape index (κ1) is 13.1. The van der Waals surface area contributed by atoms with Crippen LogP contribution in [0.3, 0.4) is 0 Å². The van der Waals surface area contributed by atoms with E-state index in [1.807, 2.05) is 17.5 Å². The van der Waals surface area contributed by atoms with Crippen LogP contribution < -0.4 is 4.74 Å². The van der Waals surface area contributed by atoms with Gasteiger partial charge < -0.3 is 9.84 Å². The van der Waals surface area contributed by atoms with Crippen molar-refractivity contribution in [2.45, 2.75) is 25.7 Å². The Morgan fingerprint density at radius 3 is 3.10 bits per heavy atom. The van der Waals surface area contributed by atoms with Crippen molar-refractivity contribution in [3.05, 3.63) is 45.3 Å². The Labute approximate surface area is 121 Å². The van der Waals surface area contributed by atoms with Gasteiger partial charge in [-0.2, -0.15) is 0 Å². The molecule has 0 atom stereocenters. The molecule has 0 aliphatic heterocycles. The van der Waals surface area contributed by atoms with Gasteiger partial charge in [-0.3, -0.25) is 0 Å². The molecule has 0 unspecified atom stereocenters. The molecule has 2 heterocycles. The molecule has 0 radical (unpaired) electrons. The van der Waals surface area contributed by atoms with E-state index in [0.29, 0.717) is 6.61 Å². The first-order valence-electron chi connectivity index (χ1n) is 6.65. The van der Waals surface area contributed by atoms with E-state index in [0.717, 1.165) is 36.9 Å². The number of aromatic carboxylic acids is 1. The van der Waals surface area contributed by atoms with Gasteiger partial charge in [0.25, 0.3) is 0 Å². The number of aromatic nitrogens is 1. The molecule has 104 valence electrons. The largest absolute Gasteiger partial charge is 0.477 e. The standard InChI is InChI=1S/C15H15NO3S/c17-15(18)12-9-10-3-1-5-13(10)16-14(12)19-7-6-11-4-2-8-20-11/h2,4,8-9H,1,3,5-7H2,(H,17,18). The van der Waals surface area contributed by atoms with Gasteiger partial charge in [-0.05, 0) is 42.3 Å². The van der Waals surface area contributed by atoms with Crippen molar-refractivity contribution in [1.82, 2.24) is 4.98 Å². The second kappa shape index (κ2) is 5.63. The van der Waals surface area contributed by atoms with E-state index in [1.165, 1.54) is 4.88 Å². The average molecular weight is 289 g/mol. The fourth-order valence-electron chi connectivity index (χ4n) is 2.42. The van der Waals surface area contributed by atoms with E-state index < -0.39 is 5.97 Å². The molecular formula is C15H15NO3S. The van der Waals surface area contributed by atoms with Gasteiger partial charge in [-0.25, -0.2) is 9.78 Å². The van der Waals surface area contributed by atoms with Gasteiger partial charge in [0.2, 0.25) is 5.88 Å². The molecule has 0 saturated heterocycles. The number of hydrogen-bond acceptors (Lipinski definition) is 4. The summed E-state index contributed by atoms with van der Waals surface area (Å²) in [5, 5.41) is 11.3. The maximum Gasteiger partial charge on any atom is 0.341 e. The molecule has 0 fully saturated rings. The Hall–Kier alpha value is -1.88. The SMILES string of the molecule is O=C(O)c1cc2c(nc1OCCc1cccs1)CCC2. The van der Waals surface area contributed by atoms with Crippen molar-refractivity contribution in [3.63, 3.8) is 0 Å². The maximum absolute atomic E-state index is 11.3. The molecule has 4 nitrogen and oxygen atoms in total. The number of rotatable bonds is 5. The van der Waals surface area contributed by atoms with Crippen LogP contribution in [0.1, 0.15) is 32.9 Å². The predicted molar refractivity (Wildman–Crippen MR) is 76.7 cm³/mol. The lowest BCUT2D eigenvalue weighted by Crippen LogP contribution is -2.09. The van der Waals surface area contributed by atoms with Crippen molar-refractivity contribution < 1.29 is 14.6 Å². The number of thiophene rings is 1.